The van der Waals surface area contributed by atoms with Crippen LogP contribution < -0.4 is 10.6 Å². The van der Waals surface area contributed by atoms with E-state index in [-0.39, 0.29) is 30.7 Å². The van der Waals surface area contributed by atoms with Gasteiger partial charge in [-0.1, -0.05) is 24.3 Å². The molecule has 7 nitrogen and oxygen atoms in total. The molecular formula is C17H19N3O4. The molecule has 2 rings (SSSR count). The van der Waals surface area contributed by atoms with Crippen LogP contribution >= 0.6 is 0 Å². The molecule has 0 spiro atoms. The van der Waals surface area contributed by atoms with E-state index in [4.69, 9.17) is 5.11 Å². The Bertz CT molecular complexity index is 716. The second-order valence-electron chi connectivity index (χ2n) is 5.28. The number of benzene rings is 2. The quantitative estimate of drug-likeness (QED) is 0.535. The van der Waals surface area contributed by atoms with E-state index in [0.717, 1.165) is 5.56 Å². The van der Waals surface area contributed by atoms with E-state index in [1.807, 2.05) is 19.1 Å². The number of hydrogen-bond donors (Lipinski definition) is 3. The molecule has 0 saturated heterocycles. The molecule has 3 N–H and O–H groups in total. The maximum absolute atomic E-state index is 11.4. The number of nitro groups is 1. The van der Waals surface area contributed by atoms with E-state index in [2.05, 4.69) is 10.6 Å². The number of rotatable bonds is 7. The molecule has 1 atom stereocenters. The first-order valence-electron chi connectivity index (χ1n) is 7.52. The molecule has 0 aromatic heterocycles. The Hall–Kier alpha value is -2.93. The molecule has 0 radical (unpaired) electrons. The van der Waals surface area contributed by atoms with Crippen molar-refractivity contribution in [3.8, 4) is 0 Å². The fourth-order valence-corrected chi connectivity index (χ4v) is 2.25. The minimum atomic E-state index is -0.422. The minimum absolute atomic E-state index is 0.0252. The number of aliphatic hydroxyl groups is 1. The number of nitro benzene ring substituents is 1. The van der Waals surface area contributed by atoms with Gasteiger partial charge in [-0.25, -0.2) is 0 Å². The van der Waals surface area contributed by atoms with Crippen molar-refractivity contribution in [2.45, 2.75) is 19.4 Å². The van der Waals surface area contributed by atoms with E-state index in [1.54, 1.807) is 30.3 Å². The Kier molecular flexibility index (Phi) is 5.86. The van der Waals surface area contributed by atoms with Crippen LogP contribution in [0.25, 0.3) is 0 Å². The second-order valence-corrected chi connectivity index (χ2v) is 5.28. The van der Waals surface area contributed by atoms with Gasteiger partial charge in [0.1, 0.15) is 5.69 Å². The van der Waals surface area contributed by atoms with Crippen LogP contribution in [-0.4, -0.2) is 22.5 Å². The van der Waals surface area contributed by atoms with Gasteiger partial charge in [-0.3, -0.25) is 14.9 Å². The summed E-state index contributed by atoms with van der Waals surface area (Å²) in [6.45, 7) is 1.71. The maximum atomic E-state index is 11.4. The average Bonchev–Trinajstić information content (AvgIpc) is 2.56. The molecule has 0 heterocycles. The number of carbonyl (C=O) groups is 1. The van der Waals surface area contributed by atoms with Gasteiger partial charge in [-0.2, -0.15) is 0 Å². The van der Waals surface area contributed by atoms with E-state index >= 15 is 0 Å². The van der Waals surface area contributed by atoms with Gasteiger partial charge < -0.3 is 15.7 Å². The third kappa shape index (κ3) is 4.53. The first-order chi connectivity index (χ1) is 11.5. The van der Waals surface area contributed by atoms with Crippen molar-refractivity contribution in [3.63, 3.8) is 0 Å². The molecule has 0 bridgehead atoms. The van der Waals surface area contributed by atoms with Crippen LogP contribution in [0.15, 0.2) is 48.5 Å². The molecule has 7 heteroatoms. The van der Waals surface area contributed by atoms with Gasteiger partial charge in [0.15, 0.2) is 0 Å². The summed E-state index contributed by atoms with van der Waals surface area (Å²) in [4.78, 5) is 22.1. The van der Waals surface area contributed by atoms with Gasteiger partial charge in [-0.05, 0) is 30.7 Å². The highest BCUT2D eigenvalue weighted by molar-refractivity contribution is 5.90. The lowest BCUT2D eigenvalue weighted by Crippen LogP contribution is -2.13. The standard InChI is InChI=1S/C17H19N3O4/c1-12(18-15-4-2-3-5-16(15)20(23)24)13-6-8-14(9-7-13)19-17(22)10-11-21/h2-9,12,18,21H,10-11H2,1H3,(H,19,22). The Labute approximate surface area is 139 Å². The number of para-hydroxylation sites is 2. The van der Waals surface area contributed by atoms with Crippen LogP contribution in [0.3, 0.4) is 0 Å². The van der Waals surface area contributed by atoms with Crippen molar-refractivity contribution >= 4 is 23.0 Å². The molecule has 0 aliphatic heterocycles. The number of carbonyl (C=O) groups excluding carboxylic acids is 1. The van der Waals surface area contributed by atoms with Crippen molar-refractivity contribution in [2.24, 2.45) is 0 Å². The number of nitrogens with one attached hydrogen (secondary N) is 2. The van der Waals surface area contributed by atoms with Crippen molar-refractivity contribution in [2.75, 3.05) is 17.2 Å². The summed E-state index contributed by atoms with van der Waals surface area (Å²) in [7, 11) is 0. The summed E-state index contributed by atoms with van der Waals surface area (Å²) in [5.74, 6) is -0.253. The van der Waals surface area contributed by atoms with Gasteiger partial charge in [0.2, 0.25) is 5.91 Å². The summed E-state index contributed by atoms with van der Waals surface area (Å²) in [6.07, 6.45) is 0.0530. The SMILES string of the molecule is CC(Nc1ccccc1[N+](=O)[O-])c1ccc(NC(=O)CCO)cc1. The lowest BCUT2D eigenvalue weighted by atomic mass is 10.1. The lowest BCUT2D eigenvalue weighted by Gasteiger charge is -2.16. The van der Waals surface area contributed by atoms with Gasteiger partial charge in [0, 0.05) is 17.8 Å². The highest BCUT2D eigenvalue weighted by atomic mass is 16.6. The van der Waals surface area contributed by atoms with Crippen molar-refractivity contribution < 1.29 is 14.8 Å². The zero-order chi connectivity index (χ0) is 17.5. The van der Waals surface area contributed by atoms with Crippen molar-refractivity contribution in [1.82, 2.24) is 0 Å². The number of anilines is 2. The third-order valence-corrected chi connectivity index (χ3v) is 3.51. The number of hydrogen-bond acceptors (Lipinski definition) is 5. The van der Waals surface area contributed by atoms with Crippen LogP contribution in [0.5, 0.6) is 0 Å². The zero-order valence-corrected chi connectivity index (χ0v) is 13.2. The second kappa shape index (κ2) is 8.07. The number of nitrogens with zero attached hydrogens (tertiary/aromatic N) is 1. The summed E-state index contributed by atoms with van der Waals surface area (Å²) >= 11 is 0. The Morgan fingerprint density at radius 3 is 2.50 bits per heavy atom. The van der Waals surface area contributed by atoms with Crippen LogP contribution in [-0.2, 0) is 4.79 Å². The highest BCUT2D eigenvalue weighted by Gasteiger charge is 2.15. The number of amides is 1. The van der Waals surface area contributed by atoms with Crippen LogP contribution in [0.1, 0.15) is 24.9 Å². The largest absolute Gasteiger partial charge is 0.396 e. The lowest BCUT2D eigenvalue weighted by molar-refractivity contribution is -0.384. The molecule has 1 unspecified atom stereocenters. The summed E-state index contributed by atoms with van der Waals surface area (Å²) in [6, 6.07) is 13.5. The van der Waals surface area contributed by atoms with E-state index in [9.17, 15) is 14.9 Å². The van der Waals surface area contributed by atoms with Crippen molar-refractivity contribution in [1.29, 1.82) is 0 Å². The van der Waals surface area contributed by atoms with E-state index in [0.29, 0.717) is 11.4 Å². The Morgan fingerprint density at radius 1 is 1.21 bits per heavy atom. The molecule has 24 heavy (non-hydrogen) atoms. The first kappa shape index (κ1) is 17.4. The molecule has 2 aromatic rings. The molecule has 126 valence electrons. The van der Waals surface area contributed by atoms with Crippen LogP contribution in [0, 0.1) is 10.1 Å². The normalized spacial score (nSPS) is 11.6. The fraction of sp³-hybridized carbons (Fsp3) is 0.235. The van der Waals surface area contributed by atoms with Crippen molar-refractivity contribution in [3.05, 3.63) is 64.2 Å². The molecular weight excluding hydrogens is 310 g/mol. The first-order valence-corrected chi connectivity index (χ1v) is 7.52. The zero-order valence-electron chi connectivity index (χ0n) is 13.2. The maximum Gasteiger partial charge on any atom is 0.292 e. The minimum Gasteiger partial charge on any atom is -0.396 e. The van der Waals surface area contributed by atoms with Crippen LogP contribution in [0.4, 0.5) is 17.1 Å². The Morgan fingerprint density at radius 2 is 1.88 bits per heavy atom. The summed E-state index contributed by atoms with van der Waals surface area (Å²) in [5, 5.41) is 25.6. The van der Waals surface area contributed by atoms with Crippen LogP contribution in [0.2, 0.25) is 0 Å². The molecule has 1 amide bonds. The summed E-state index contributed by atoms with van der Waals surface area (Å²) < 4.78 is 0. The monoisotopic (exact) mass is 329 g/mol. The van der Waals surface area contributed by atoms with Gasteiger partial charge >= 0.3 is 0 Å². The average molecular weight is 329 g/mol. The molecule has 2 aromatic carbocycles. The molecule has 0 saturated carbocycles. The van der Waals surface area contributed by atoms with E-state index < -0.39 is 4.92 Å². The predicted molar refractivity (Wildman–Crippen MR) is 91.9 cm³/mol. The van der Waals surface area contributed by atoms with Gasteiger partial charge in [0.05, 0.1) is 18.0 Å². The predicted octanol–water partition coefficient (Wildman–Crippen LogP) is 3.09. The fourth-order valence-electron chi connectivity index (χ4n) is 2.25. The Balaban J connectivity index is 2.07. The molecule has 0 aliphatic carbocycles. The molecule has 0 aliphatic rings. The van der Waals surface area contributed by atoms with Gasteiger partial charge in [-0.15, -0.1) is 0 Å². The van der Waals surface area contributed by atoms with E-state index in [1.165, 1.54) is 6.07 Å². The highest BCUT2D eigenvalue weighted by Crippen LogP contribution is 2.28. The third-order valence-electron chi connectivity index (χ3n) is 3.51. The molecule has 0 fully saturated rings. The topological polar surface area (TPSA) is 105 Å². The van der Waals surface area contributed by atoms with Gasteiger partial charge in [0.25, 0.3) is 5.69 Å². The number of aliphatic hydroxyl groups excluding tert-OH is 1. The smallest absolute Gasteiger partial charge is 0.292 e. The summed E-state index contributed by atoms with van der Waals surface area (Å²) in [5.41, 5.74) is 2.04.